The first-order valence-electron chi connectivity index (χ1n) is 5.70. The van der Waals surface area contributed by atoms with Crippen molar-refractivity contribution >= 4 is 28.3 Å². The number of amides is 2. The highest BCUT2D eigenvalue weighted by molar-refractivity contribution is 7.16. The van der Waals surface area contributed by atoms with Crippen LogP contribution in [-0.2, 0) is 0 Å². The van der Waals surface area contributed by atoms with Crippen molar-refractivity contribution in [3.05, 3.63) is 40.7 Å². The maximum absolute atomic E-state index is 12.2. The van der Waals surface area contributed by atoms with Gasteiger partial charge in [0.05, 0.1) is 28.7 Å². The van der Waals surface area contributed by atoms with Crippen LogP contribution in [-0.4, -0.2) is 28.3 Å². The normalized spacial score (nSPS) is 13.2. The fourth-order valence-electron chi connectivity index (χ4n) is 1.82. The van der Waals surface area contributed by atoms with Gasteiger partial charge in [0.25, 0.3) is 11.8 Å². The van der Waals surface area contributed by atoms with Crippen molar-refractivity contribution in [3.8, 4) is 11.8 Å². The van der Waals surface area contributed by atoms with Gasteiger partial charge in [-0.2, -0.15) is 0 Å². The molecule has 0 unspecified atom stereocenters. The molecule has 0 aliphatic carbocycles. The minimum absolute atomic E-state index is 0.242. The largest absolute Gasteiger partial charge is 0.320 e. The first kappa shape index (κ1) is 12.5. The van der Waals surface area contributed by atoms with Crippen molar-refractivity contribution < 1.29 is 9.59 Å². The van der Waals surface area contributed by atoms with E-state index in [1.165, 1.54) is 36.0 Å². The molecule has 2 amide bonds. The van der Waals surface area contributed by atoms with Gasteiger partial charge in [0, 0.05) is 12.4 Å². The second-order valence-corrected chi connectivity index (χ2v) is 4.89. The van der Waals surface area contributed by atoms with E-state index in [2.05, 4.69) is 21.8 Å². The maximum atomic E-state index is 12.2. The van der Waals surface area contributed by atoms with E-state index in [0.29, 0.717) is 21.1 Å². The fourth-order valence-corrected chi connectivity index (χ4v) is 2.61. The van der Waals surface area contributed by atoms with Crippen molar-refractivity contribution in [2.75, 3.05) is 11.4 Å². The van der Waals surface area contributed by atoms with Crippen LogP contribution < -0.4 is 10.6 Å². The van der Waals surface area contributed by atoms with E-state index in [-0.39, 0.29) is 12.5 Å². The van der Waals surface area contributed by atoms with E-state index >= 15 is 0 Å². The molecule has 0 radical (unpaired) electrons. The molecule has 6 nitrogen and oxygen atoms in total. The number of hydrogen-bond donors (Lipinski definition) is 1. The third kappa shape index (κ3) is 1.87. The molecule has 2 aromatic rings. The number of imide groups is 1. The molecule has 0 saturated carbocycles. The van der Waals surface area contributed by atoms with Crippen molar-refractivity contribution in [1.82, 2.24) is 9.97 Å². The number of carbonyl (C=O) groups is 2. The van der Waals surface area contributed by atoms with Crippen molar-refractivity contribution in [2.24, 2.45) is 5.73 Å². The molecule has 20 heavy (non-hydrogen) atoms. The quantitative estimate of drug-likeness (QED) is 0.613. The standard InChI is InChI=1S/C13H8N4O2S/c14-4-1-2-8-6-16-13(20-8)17-11(18)9-3-5-15-7-10(9)12(17)19/h3,5-7H,4,14H2. The van der Waals surface area contributed by atoms with Gasteiger partial charge in [-0.15, -0.1) is 0 Å². The Kier molecular flexibility index (Phi) is 3.02. The van der Waals surface area contributed by atoms with Crippen LogP contribution in [0.15, 0.2) is 24.7 Å². The summed E-state index contributed by atoms with van der Waals surface area (Å²) in [6.07, 6.45) is 4.39. The molecule has 0 spiro atoms. The Morgan fingerprint density at radius 3 is 2.80 bits per heavy atom. The van der Waals surface area contributed by atoms with Gasteiger partial charge < -0.3 is 5.73 Å². The van der Waals surface area contributed by atoms with Gasteiger partial charge in [0.2, 0.25) is 5.13 Å². The average Bonchev–Trinajstić information content (AvgIpc) is 3.02. The summed E-state index contributed by atoms with van der Waals surface area (Å²) in [7, 11) is 0. The Labute approximate surface area is 118 Å². The summed E-state index contributed by atoms with van der Waals surface area (Å²) >= 11 is 1.17. The first-order valence-corrected chi connectivity index (χ1v) is 6.51. The topological polar surface area (TPSA) is 89.2 Å². The Balaban J connectivity index is 1.99. The van der Waals surface area contributed by atoms with E-state index in [4.69, 9.17) is 5.73 Å². The Morgan fingerprint density at radius 2 is 2.05 bits per heavy atom. The van der Waals surface area contributed by atoms with Gasteiger partial charge in [-0.1, -0.05) is 23.2 Å². The van der Waals surface area contributed by atoms with Crippen LogP contribution in [0.3, 0.4) is 0 Å². The van der Waals surface area contributed by atoms with Crippen molar-refractivity contribution in [3.63, 3.8) is 0 Å². The van der Waals surface area contributed by atoms with Gasteiger partial charge in [-0.05, 0) is 6.07 Å². The molecule has 0 fully saturated rings. The number of thiazole rings is 1. The predicted molar refractivity (Wildman–Crippen MR) is 73.4 cm³/mol. The van der Waals surface area contributed by atoms with Crippen LogP contribution in [0, 0.1) is 11.8 Å². The van der Waals surface area contributed by atoms with Gasteiger partial charge in [-0.25, -0.2) is 9.88 Å². The minimum atomic E-state index is -0.411. The number of nitrogens with two attached hydrogens (primary N) is 1. The monoisotopic (exact) mass is 284 g/mol. The molecule has 3 heterocycles. The fraction of sp³-hybridized carbons (Fsp3) is 0.0769. The van der Waals surface area contributed by atoms with Crippen LogP contribution >= 0.6 is 11.3 Å². The van der Waals surface area contributed by atoms with Crippen LogP contribution in [0.25, 0.3) is 0 Å². The number of hydrogen-bond acceptors (Lipinski definition) is 6. The number of carbonyl (C=O) groups excluding carboxylic acids is 2. The molecule has 2 aromatic heterocycles. The van der Waals surface area contributed by atoms with E-state index in [1.54, 1.807) is 0 Å². The minimum Gasteiger partial charge on any atom is -0.320 e. The third-order valence-electron chi connectivity index (χ3n) is 2.69. The highest BCUT2D eigenvalue weighted by atomic mass is 32.1. The molecule has 0 atom stereocenters. The molecule has 98 valence electrons. The number of fused-ring (bicyclic) bond motifs is 1. The van der Waals surface area contributed by atoms with Gasteiger partial charge in [-0.3, -0.25) is 14.6 Å². The maximum Gasteiger partial charge on any atom is 0.269 e. The van der Waals surface area contributed by atoms with E-state index in [1.807, 2.05) is 0 Å². The molecule has 0 bridgehead atoms. The molecular formula is C13H8N4O2S. The summed E-state index contributed by atoms with van der Waals surface area (Å²) in [6.45, 7) is 0.242. The number of rotatable bonds is 1. The molecule has 0 aromatic carbocycles. The Morgan fingerprint density at radius 1 is 1.25 bits per heavy atom. The van der Waals surface area contributed by atoms with Gasteiger partial charge in [0.15, 0.2) is 0 Å². The number of nitrogens with zero attached hydrogens (tertiary/aromatic N) is 3. The molecule has 0 saturated heterocycles. The lowest BCUT2D eigenvalue weighted by atomic mass is 10.2. The van der Waals surface area contributed by atoms with Gasteiger partial charge in [0.1, 0.15) is 0 Å². The average molecular weight is 284 g/mol. The molecule has 7 heteroatoms. The summed E-state index contributed by atoms with van der Waals surface area (Å²) in [6, 6.07) is 1.53. The second-order valence-electron chi connectivity index (χ2n) is 3.88. The summed E-state index contributed by atoms with van der Waals surface area (Å²) in [5, 5.41) is 0.303. The molecule has 3 rings (SSSR count). The number of anilines is 1. The van der Waals surface area contributed by atoms with Gasteiger partial charge >= 0.3 is 0 Å². The van der Waals surface area contributed by atoms with Crippen molar-refractivity contribution in [1.29, 1.82) is 0 Å². The predicted octanol–water partition coefficient (Wildman–Crippen LogP) is 0.649. The summed E-state index contributed by atoms with van der Waals surface area (Å²) in [5.41, 5.74) is 5.93. The van der Waals surface area contributed by atoms with Crippen molar-refractivity contribution in [2.45, 2.75) is 0 Å². The summed E-state index contributed by atoms with van der Waals surface area (Å²) < 4.78 is 0. The summed E-state index contributed by atoms with van der Waals surface area (Å²) in [5.74, 6) is 4.72. The Hall–Kier alpha value is -2.56. The lowest BCUT2D eigenvalue weighted by Gasteiger charge is -2.08. The summed E-state index contributed by atoms with van der Waals surface area (Å²) in [4.78, 5) is 34.1. The molecule has 1 aliphatic rings. The third-order valence-corrected chi connectivity index (χ3v) is 3.58. The van der Waals surface area contributed by atoms with Crippen LogP contribution in [0.4, 0.5) is 5.13 Å². The van der Waals surface area contributed by atoms with Crippen LogP contribution in [0.1, 0.15) is 25.6 Å². The van der Waals surface area contributed by atoms with Crippen LogP contribution in [0.5, 0.6) is 0 Å². The zero-order valence-electron chi connectivity index (χ0n) is 10.2. The lowest BCUT2D eigenvalue weighted by Crippen LogP contribution is -2.29. The van der Waals surface area contributed by atoms with E-state index in [0.717, 1.165) is 4.90 Å². The molecule has 2 N–H and O–H groups in total. The highest BCUT2D eigenvalue weighted by Crippen LogP contribution is 2.30. The lowest BCUT2D eigenvalue weighted by molar-refractivity contribution is 0.0926. The van der Waals surface area contributed by atoms with Crippen LogP contribution in [0.2, 0.25) is 0 Å². The van der Waals surface area contributed by atoms with E-state index in [9.17, 15) is 9.59 Å². The first-order chi connectivity index (χ1) is 9.72. The molecular weight excluding hydrogens is 276 g/mol. The second kappa shape index (κ2) is 4.85. The zero-order chi connectivity index (χ0) is 14.1. The number of pyridine rings is 1. The Bertz CT molecular complexity index is 737. The zero-order valence-corrected chi connectivity index (χ0v) is 11.0. The molecule has 1 aliphatic heterocycles. The van der Waals surface area contributed by atoms with E-state index < -0.39 is 5.91 Å². The number of aromatic nitrogens is 2. The SMILES string of the molecule is NCC#Cc1cnc(N2C(=O)c3ccncc3C2=O)s1. The highest BCUT2D eigenvalue weighted by Gasteiger charge is 2.38. The smallest absolute Gasteiger partial charge is 0.269 e.